The van der Waals surface area contributed by atoms with Gasteiger partial charge in [0.25, 0.3) is 0 Å². The summed E-state index contributed by atoms with van der Waals surface area (Å²) in [6.07, 6.45) is -5.91. The van der Waals surface area contributed by atoms with Gasteiger partial charge in [-0.2, -0.15) is 13.2 Å². The molecule has 2 rings (SSSR count). The molecule has 1 N–H and O–H groups in total. The third-order valence-electron chi connectivity index (χ3n) is 3.84. The van der Waals surface area contributed by atoms with Crippen LogP contribution in [0.5, 0.6) is 5.75 Å². The van der Waals surface area contributed by atoms with E-state index in [0.29, 0.717) is 22.6 Å². The first kappa shape index (κ1) is 18.6. The Morgan fingerprint density at radius 2 is 1.92 bits per heavy atom. The molecule has 1 aromatic rings. The lowest BCUT2D eigenvalue weighted by Gasteiger charge is -2.32. The summed E-state index contributed by atoms with van der Waals surface area (Å²) in [7, 11) is 0. The van der Waals surface area contributed by atoms with Crippen molar-refractivity contribution in [3.05, 3.63) is 33.4 Å². The Hall–Kier alpha value is -1.69. The summed E-state index contributed by atoms with van der Waals surface area (Å²) < 4.78 is 44.9. The Bertz CT molecular complexity index is 715. The minimum absolute atomic E-state index is 0.0548. The summed E-state index contributed by atoms with van der Waals surface area (Å²) in [5.74, 6) is -1.61. The molecule has 1 aliphatic heterocycles. The first-order valence-corrected chi connectivity index (χ1v) is 7.79. The van der Waals surface area contributed by atoms with Crippen LogP contribution in [-0.2, 0) is 16.6 Å². The van der Waals surface area contributed by atoms with E-state index in [2.05, 4.69) is 0 Å². The van der Waals surface area contributed by atoms with Crippen LogP contribution in [0, 0.1) is 0 Å². The van der Waals surface area contributed by atoms with Crippen molar-refractivity contribution in [1.29, 1.82) is 0 Å². The Morgan fingerprint density at radius 1 is 1.33 bits per heavy atom. The second kappa shape index (κ2) is 5.99. The Morgan fingerprint density at radius 3 is 2.33 bits per heavy atom. The second-order valence-electron chi connectivity index (χ2n) is 6.68. The predicted octanol–water partition coefficient (Wildman–Crippen LogP) is 4.99. The van der Waals surface area contributed by atoms with E-state index in [1.165, 1.54) is 6.07 Å². The van der Waals surface area contributed by atoms with Gasteiger partial charge in [-0.3, -0.25) is 0 Å². The SMILES string of the molecule is CCc1c2c(cc(Cl)c1C(C)(C)C)C=C(C(=O)O)C(C(F)(F)F)O2. The monoisotopic (exact) mass is 362 g/mol. The molecule has 1 unspecified atom stereocenters. The largest absolute Gasteiger partial charge is 0.478 e. The lowest BCUT2D eigenvalue weighted by Crippen LogP contribution is -2.40. The highest BCUT2D eigenvalue weighted by atomic mass is 35.5. The van der Waals surface area contributed by atoms with Crippen LogP contribution in [0.25, 0.3) is 6.08 Å². The van der Waals surface area contributed by atoms with Gasteiger partial charge in [-0.1, -0.05) is 39.3 Å². The van der Waals surface area contributed by atoms with Gasteiger partial charge in [0, 0.05) is 10.6 Å². The summed E-state index contributed by atoms with van der Waals surface area (Å²) in [6, 6.07) is 1.46. The molecule has 0 radical (unpaired) electrons. The van der Waals surface area contributed by atoms with Crippen LogP contribution in [0.3, 0.4) is 0 Å². The van der Waals surface area contributed by atoms with Crippen LogP contribution in [0.4, 0.5) is 13.2 Å². The normalized spacial score (nSPS) is 17.8. The fourth-order valence-corrected chi connectivity index (χ4v) is 3.46. The van der Waals surface area contributed by atoms with Crippen molar-refractivity contribution in [2.75, 3.05) is 0 Å². The molecule has 1 aliphatic rings. The smallest absolute Gasteiger partial charge is 0.430 e. The summed E-state index contributed by atoms with van der Waals surface area (Å²) in [4.78, 5) is 11.2. The summed E-state index contributed by atoms with van der Waals surface area (Å²) in [6.45, 7) is 7.51. The molecule has 0 fully saturated rings. The standard InChI is InChI=1S/C17H18ClF3O3/c1-5-9-12(16(2,3)4)11(18)7-8-6-10(15(22)23)14(17(19,20)21)24-13(8)9/h6-7,14H,5H2,1-4H3,(H,22,23). The predicted molar refractivity (Wildman–Crippen MR) is 85.6 cm³/mol. The van der Waals surface area contributed by atoms with Gasteiger partial charge >= 0.3 is 12.1 Å². The van der Waals surface area contributed by atoms with E-state index in [9.17, 15) is 18.0 Å². The lowest BCUT2D eigenvalue weighted by molar-refractivity contribution is -0.187. The zero-order valence-electron chi connectivity index (χ0n) is 13.7. The van der Waals surface area contributed by atoms with Gasteiger partial charge in [-0.25, -0.2) is 4.79 Å². The van der Waals surface area contributed by atoms with Crippen molar-refractivity contribution < 1.29 is 27.8 Å². The molecule has 1 atom stereocenters. The molecule has 1 aromatic carbocycles. The van der Waals surface area contributed by atoms with Gasteiger partial charge in [-0.15, -0.1) is 0 Å². The Kier molecular flexibility index (Phi) is 4.65. The van der Waals surface area contributed by atoms with Crippen molar-refractivity contribution in [1.82, 2.24) is 0 Å². The molecule has 0 bridgehead atoms. The molecular weight excluding hydrogens is 345 g/mol. The van der Waals surface area contributed by atoms with Crippen molar-refractivity contribution in [3.8, 4) is 5.75 Å². The highest BCUT2D eigenvalue weighted by Gasteiger charge is 2.49. The van der Waals surface area contributed by atoms with Crippen molar-refractivity contribution in [2.24, 2.45) is 0 Å². The number of hydrogen-bond donors (Lipinski definition) is 1. The Balaban J connectivity index is 2.77. The quantitative estimate of drug-likeness (QED) is 0.806. The molecule has 0 aromatic heterocycles. The third-order valence-corrected chi connectivity index (χ3v) is 4.13. The number of carbonyl (C=O) groups is 1. The van der Waals surface area contributed by atoms with Gasteiger partial charge in [0.05, 0.1) is 5.57 Å². The minimum Gasteiger partial charge on any atom is -0.478 e. The van der Waals surface area contributed by atoms with E-state index >= 15 is 0 Å². The average Bonchev–Trinajstić information content (AvgIpc) is 2.41. The maximum Gasteiger partial charge on any atom is 0.430 e. The molecule has 0 spiro atoms. The van der Waals surface area contributed by atoms with E-state index in [1.807, 2.05) is 20.8 Å². The number of carboxylic acid groups (broad SMARTS) is 1. The number of carboxylic acids is 1. The molecule has 0 saturated carbocycles. The van der Waals surface area contributed by atoms with Crippen molar-refractivity contribution in [2.45, 2.75) is 51.8 Å². The molecule has 1 heterocycles. The zero-order chi connectivity index (χ0) is 18.4. The van der Waals surface area contributed by atoms with Gasteiger partial charge in [0.1, 0.15) is 5.75 Å². The first-order chi connectivity index (χ1) is 10.9. The number of hydrogen-bond acceptors (Lipinski definition) is 2. The molecule has 7 heteroatoms. The van der Waals surface area contributed by atoms with Crippen molar-refractivity contribution >= 4 is 23.6 Å². The van der Waals surface area contributed by atoms with E-state index in [-0.39, 0.29) is 11.3 Å². The third kappa shape index (κ3) is 3.24. The van der Waals surface area contributed by atoms with E-state index in [4.69, 9.17) is 21.4 Å². The van der Waals surface area contributed by atoms with Crippen LogP contribution in [0.2, 0.25) is 5.02 Å². The number of aliphatic carboxylic acids is 1. The summed E-state index contributed by atoms with van der Waals surface area (Å²) in [5.41, 5.74) is 0.281. The van der Waals surface area contributed by atoms with Crippen LogP contribution < -0.4 is 4.74 Å². The van der Waals surface area contributed by atoms with Gasteiger partial charge in [-0.05, 0) is 35.1 Å². The number of rotatable bonds is 2. The topological polar surface area (TPSA) is 46.5 Å². The van der Waals surface area contributed by atoms with Gasteiger partial charge in [0.15, 0.2) is 0 Å². The van der Waals surface area contributed by atoms with Crippen LogP contribution in [0.15, 0.2) is 11.6 Å². The molecule has 0 amide bonds. The number of fused-ring (bicyclic) bond motifs is 1. The van der Waals surface area contributed by atoms with Gasteiger partial charge < -0.3 is 9.84 Å². The first-order valence-electron chi connectivity index (χ1n) is 7.42. The second-order valence-corrected chi connectivity index (χ2v) is 7.09. The zero-order valence-corrected chi connectivity index (χ0v) is 14.5. The average molecular weight is 363 g/mol. The van der Waals surface area contributed by atoms with E-state index in [1.54, 1.807) is 6.92 Å². The molecule has 0 aliphatic carbocycles. The molecular formula is C17H18ClF3O3. The Labute approximate surface area is 143 Å². The fraction of sp³-hybridized carbons (Fsp3) is 0.471. The molecule has 132 valence electrons. The highest BCUT2D eigenvalue weighted by molar-refractivity contribution is 6.32. The summed E-state index contributed by atoms with van der Waals surface area (Å²) in [5, 5.41) is 9.48. The van der Waals surface area contributed by atoms with Crippen molar-refractivity contribution in [3.63, 3.8) is 0 Å². The fourth-order valence-electron chi connectivity index (χ4n) is 2.94. The lowest BCUT2D eigenvalue weighted by atomic mass is 9.81. The molecule has 3 nitrogen and oxygen atoms in total. The minimum atomic E-state index is -4.82. The van der Waals surface area contributed by atoms with E-state index in [0.717, 1.165) is 6.08 Å². The number of alkyl halides is 3. The number of benzene rings is 1. The van der Waals surface area contributed by atoms with Crippen LogP contribution in [-0.4, -0.2) is 23.4 Å². The molecule has 0 saturated heterocycles. The van der Waals surface area contributed by atoms with Crippen LogP contribution >= 0.6 is 11.6 Å². The molecule has 24 heavy (non-hydrogen) atoms. The highest BCUT2D eigenvalue weighted by Crippen LogP contribution is 2.45. The summed E-state index contributed by atoms with van der Waals surface area (Å²) >= 11 is 6.33. The maximum absolute atomic E-state index is 13.2. The number of halogens is 4. The maximum atomic E-state index is 13.2. The number of ether oxygens (including phenoxy) is 1. The van der Waals surface area contributed by atoms with Gasteiger partial charge in [0.2, 0.25) is 6.10 Å². The van der Waals surface area contributed by atoms with Crippen LogP contribution in [0.1, 0.15) is 44.4 Å². The van der Waals surface area contributed by atoms with E-state index < -0.39 is 29.2 Å².